The van der Waals surface area contributed by atoms with Gasteiger partial charge in [0, 0.05) is 6.20 Å². The third kappa shape index (κ3) is 7.28. The highest BCUT2D eigenvalue weighted by molar-refractivity contribution is 9.08. The Kier molecular flexibility index (Phi) is 9.73. The third-order valence-corrected chi connectivity index (χ3v) is 4.28. The van der Waals surface area contributed by atoms with E-state index in [4.69, 9.17) is 0 Å². The monoisotopic (exact) mass is 340 g/mol. The Balaban J connectivity index is 1.95. The van der Waals surface area contributed by atoms with Gasteiger partial charge >= 0.3 is 0 Å². The molecule has 2 nitrogen and oxygen atoms in total. The molecule has 0 radical (unpaired) electrons. The molecule has 114 valence electrons. The molecule has 0 atom stereocenters. The molecule has 0 amide bonds. The van der Waals surface area contributed by atoms with E-state index in [0.29, 0.717) is 0 Å². The van der Waals surface area contributed by atoms with Crippen molar-refractivity contribution in [2.45, 2.75) is 77.6 Å². The van der Waals surface area contributed by atoms with Crippen molar-refractivity contribution in [3.05, 3.63) is 24.3 Å². The second-order valence-corrected chi connectivity index (χ2v) is 6.30. The molecule has 0 aliphatic rings. The lowest BCUT2D eigenvalue weighted by Gasteiger charge is -2.01. The highest BCUT2D eigenvalue weighted by Crippen LogP contribution is 2.13. The third-order valence-electron chi connectivity index (χ3n) is 3.71. The first-order valence-corrected chi connectivity index (χ1v) is 8.85. The van der Waals surface area contributed by atoms with E-state index in [2.05, 4.69) is 34.6 Å². The van der Waals surface area contributed by atoms with Crippen LogP contribution in [0.4, 0.5) is 0 Å². The number of hydrogen-bond acceptors (Lipinski definition) is 1. The van der Waals surface area contributed by atoms with Crippen LogP contribution in [0.25, 0.3) is 6.08 Å². The van der Waals surface area contributed by atoms with Gasteiger partial charge in [-0.1, -0.05) is 71.3 Å². The Bertz CT molecular complexity index is 371. The fourth-order valence-corrected chi connectivity index (χ4v) is 2.93. The topological polar surface area (TPSA) is 17.8 Å². The Labute approximate surface area is 133 Å². The maximum absolute atomic E-state index is 4.50. The van der Waals surface area contributed by atoms with Gasteiger partial charge in [0.1, 0.15) is 5.82 Å². The normalized spacial score (nSPS) is 10.9. The fourth-order valence-electron chi connectivity index (χ4n) is 2.47. The predicted molar refractivity (Wildman–Crippen MR) is 92.2 cm³/mol. The fraction of sp³-hybridized carbons (Fsp3) is 0.706. The van der Waals surface area contributed by atoms with E-state index in [-0.39, 0.29) is 0 Å². The summed E-state index contributed by atoms with van der Waals surface area (Å²) in [6, 6.07) is 0. The lowest BCUT2D eigenvalue weighted by atomic mass is 10.1. The quantitative estimate of drug-likeness (QED) is 0.417. The number of aromatic nitrogens is 2. The lowest BCUT2D eigenvalue weighted by molar-refractivity contribution is 0.555. The molecule has 0 aromatic carbocycles. The zero-order chi connectivity index (χ0) is 14.6. The van der Waals surface area contributed by atoms with Crippen molar-refractivity contribution in [3.8, 4) is 0 Å². The molecule has 0 aliphatic heterocycles. The van der Waals surface area contributed by atoms with Crippen molar-refractivity contribution in [3.63, 3.8) is 0 Å². The first kappa shape index (κ1) is 17.5. The van der Waals surface area contributed by atoms with E-state index in [0.717, 1.165) is 17.9 Å². The molecule has 1 rings (SSSR count). The van der Waals surface area contributed by atoms with Gasteiger partial charge in [0.25, 0.3) is 0 Å². The number of nitrogens with zero attached hydrogens (tertiary/aromatic N) is 2. The largest absolute Gasteiger partial charge is 0.266 e. The average Bonchev–Trinajstić information content (AvgIpc) is 2.81. The standard InChI is InChI=1S/C17H29BrN2/c1-3-5-6-7-8-9-10-11-12-13-14-16-15-20(18)17(4-2)19-16/h4,15H,2-3,5-14H2,1H3. The van der Waals surface area contributed by atoms with Gasteiger partial charge in [-0.2, -0.15) is 0 Å². The summed E-state index contributed by atoms with van der Waals surface area (Å²) in [4.78, 5) is 4.50. The van der Waals surface area contributed by atoms with Crippen molar-refractivity contribution in [2.75, 3.05) is 0 Å². The minimum Gasteiger partial charge on any atom is -0.266 e. The Morgan fingerprint density at radius 1 is 1.05 bits per heavy atom. The number of unbranched alkanes of at least 4 members (excludes halogenated alkanes) is 9. The SMILES string of the molecule is C=Cc1nc(CCCCCCCCCCCC)cn1Br. The molecule has 0 N–H and O–H groups in total. The zero-order valence-corrected chi connectivity index (χ0v) is 14.5. The molecule has 1 aromatic heterocycles. The summed E-state index contributed by atoms with van der Waals surface area (Å²) in [5, 5.41) is 0. The Morgan fingerprint density at radius 2 is 1.60 bits per heavy atom. The van der Waals surface area contributed by atoms with Crippen LogP contribution in [-0.2, 0) is 6.42 Å². The first-order valence-electron chi connectivity index (χ1n) is 8.14. The first-order chi connectivity index (χ1) is 9.77. The van der Waals surface area contributed by atoms with Gasteiger partial charge in [0.2, 0.25) is 0 Å². The molecule has 0 bridgehead atoms. The molecule has 0 saturated heterocycles. The van der Waals surface area contributed by atoms with Crippen molar-refractivity contribution in [1.82, 2.24) is 8.58 Å². The van der Waals surface area contributed by atoms with Gasteiger partial charge in [-0.3, -0.25) is 3.59 Å². The molecular formula is C17H29BrN2. The second-order valence-electron chi connectivity index (χ2n) is 5.54. The second kappa shape index (κ2) is 11.1. The van der Waals surface area contributed by atoms with Crippen LogP contribution in [0.1, 0.15) is 82.7 Å². The minimum absolute atomic E-state index is 0.895. The van der Waals surface area contributed by atoms with Crippen LogP contribution in [-0.4, -0.2) is 8.58 Å². The van der Waals surface area contributed by atoms with Crippen molar-refractivity contribution in [2.24, 2.45) is 0 Å². The molecular weight excluding hydrogens is 312 g/mol. The van der Waals surface area contributed by atoms with Crippen LogP contribution in [0.5, 0.6) is 0 Å². The minimum atomic E-state index is 0.895. The van der Waals surface area contributed by atoms with Crippen LogP contribution in [0, 0.1) is 0 Å². The predicted octanol–water partition coefficient (Wildman–Crippen LogP) is 6.15. The smallest absolute Gasteiger partial charge is 0.142 e. The maximum Gasteiger partial charge on any atom is 0.142 e. The number of halogens is 1. The zero-order valence-electron chi connectivity index (χ0n) is 12.9. The number of aryl methyl sites for hydroxylation is 1. The molecule has 20 heavy (non-hydrogen) atoms. The van der Waals surface area contributed by atoms with Crippen molar-refractivity contribution < 1.29 is 0 Å². The molecule has 1 aromatic rings. The highest BCUT2D eigenvalue weighted by atomic mass is 79.9. The van der Waals surface area contributed by atoms with E-state index < -0.39 is 0 Å². The maximum atomic E-state index is 4.50. The van der Waals surface area contributed by atoms with Crippen LogP contribution in [0.3, 0.4) is 0 Å². The molecule has 0 unspecified atom stereocenters. The average molecular weight is 341 g/mol. The molecule has 1 heterocycles. The van der Waals surface area contributed by atoms with E-state index in [1.807, 2.05) is 9.79 Å². The number of imidazole rings is 1. The van der Waals surface area contributed by atoms with E-state index >= 15 is 0 Å². The van der Waals surface area contributed by atoms with Gasteiger partial charge < -0.3 is 0 Å². The number of hydrogen-bond donors (Lipinski definition) is 0. The van der Waals surface area contributed by atoms with Gasteiger partial charge in [-0.05, 0) is 18.9 Å². The van der Waals surface area contributed by atoms with Gasteiger partial charge in [0.15, 0.2) is 0 Å². The Morgan fingerprint density at radius 3 is 2.10 bits per heavy atom. The van der Waals surface area contributed by atoms with E-state index in [9.17, 15) is 0 Å². The lowest BCUT2D eigenvalue weighted by Crippen LogP contribution is -1.87. The summed E-state index contributed by atoms with van der Waals surface area (Å²) in [5.74, 6) is 0.895. The molecule has 3 heteroatoms. The van der Waals surface area contributed by atoms with Gasteiger partial charge in [0.05, 0.1) is 21.8 Å². The van der Waals surface area contributed by atoms with E-state index in [1.54, 1.807) is 6.08 Å². The van der Waals surface area contributed by atoms with Gasteiger partial charge in [-0.25, -0.2) is 4.98 Å². The number of rotatable bonds is 12. The van der Waals surface area contributed by atoms with Crippen LogP contribution in [0.15, 0.2) is 12.8 Å². The van der Waals surface area contributed by atoms with Crippen LogP contribution in [0.2, 0.25) is 0 Å². The summed E-state index contributed by atoms with van der Waals surface area (Å²) < 4.78 is 1.87. The Hall–Kier alpha value is -0.570. The summed E-state index contributed by atoms with van der Waals surface area (Å²) in [7, 11) is 0. The molecule has 0 saturated carbocycles. The van der Waals surface area contributed by atoms with Crippen LogP contribution >= 0.6 is 16.1 Å². The molecule has 0 aliphatic carbocycles. The van der Waals surface area contributed by atoms with Crippen LogP contribution < -0.4 is 0 Å². The van der Waals surface area contributed by atoms with Crippen molar-refractivity contribution in [1.29, 1.82) is 0 Å². The molecule has 0 spiro atoms. The molecule has 0 fully saturated rings. The van der Waals surface area contributed by atoms with Crippen molar-refractivity contribution >= 4 is 22.2 Å². The summed E-state index contributed by atoms with van der Waals surface area (Å²) in [5.41, 5.74) is 1.16. The highest BCUT2D eigenvalue weighted by Gasteiger charge is 2.02. The van der Waals surface area contributed by atoms with Gasteiger partial charge in [-0.15, -0.1) is 0 Å². The van der Waals surface area contributed by atoms with E-state index in [1.165, 1.54) is 64.2 Å². The summed E-state index contributed by atoms with van der Waals surface area (Å²) in [6.07, 6.45) is 18.7. The summed E-state index contributed by atoms with van der Waals surface area (Å²) >= 11 is 3.43. The summed E-state index contributed by atoms with van der Waals surface area (Å²) in [6.45, 7) is 6.02.